The van der Waals surface area contributed by atoms with Crippen molar-refractivity contribution in [3.8, 4) is 0 Å². The van der Waals surface area contributed by atoms with Crippen LogP contribution in [-0.2, 0) is 4.79 Å². The number of nitrogens with one attached hydrogen (secondary N) is 2. The van der Waals surface area contributed by atoms with Gasteiger partial charge in [-0.2, -0.15) is 0 Å². The molecule has 1 unspecified atom stereocenters. The highest BCUT2D eigenvalue weighted by molar-refractivity contribution is 7.98. The van der Waals surface area contributed by atoms with Gasteiger partial charge in [-0.15, -0.1) is 11.8 Å². The molecule has 1 atom stereocenters. The van der Waals surface area contributed by atoms with E-state index in [0.717, 1.165) is 6.42 Å². The molecule has 4 heteroatoms. The molecular formula is C13H16N2OS. The van der Waals surface area contributed by atoms with Gasteiger partial charge in [0.15, 0.2) is 0 Å². The van der Waals surface area contributed by atoms with Crippen LogP contribution >= 0.6 is 11.8 Å². The zero-order chi connectivity index (χ0) is 12.1. The number of carbonyl (C=O) groups is 1. The minimum Gasteiger partial charge on any atom is -0.291 e. The number of benzene rings is 1. The van der Waals surface area contributed by atoms with Crippen molar-refractivity contribution in [3.05, 3.63) is 35.9 Å². The molecule has 0 radical (unpaired) electrons. The number of hydrogen-bond acceptors (Lipinski definition) is 3. The third-order valence-corrected chi connectivity index (χ3v) is 3.54. The first-order valence-corrected chi connectivity index (χ1v) is 6.87. The molecule has 1 aromatic rings. The van der Waals surface area contributed by atoms with Crippen molar-refractivity contribution in [2.45, 2.75) is 23.8 Å². The number of rotatable bonds is 3. The summed E-state index contributed by atoms with van der Waals surface area (Å²) in [4.78, 5) is 12.2. The molecule has 1 aliphatic heterocycles. The molecule has 1 aromatic carbocycles. The fourth-order valence-electron chi connectivity index (χ4n) is 1.76. The van der Waals surface area contributed by atoms with Crippen molar-refractivity contribution >= 4 is 23.7 Å². The van der Waals surface area contributed by atoms with E-state index >= 15 is 0 Å². The van der Waals surface area contributed by atoms with Crippen LogP contribution < -0.4 is 10.9 Å². The molecule has 0 saturated carbocycles. The maximum Gasteiger partial charge on any atom is 0.234 e. The second kappa shape index (κ2) is 5.89. The molecule has 0 aliphatic carbocycles. The second-order valence-corrected chi connectivity index (χ2v) is 4.79. The first-order chi connectivity index (χ1) is 8.29. The van der Waals surface area contributed by atoms with Crippen LogP contribution in [0.3, 0.4) is 0 Å². The van der Waals surface area contributed by atoms with E-state index in [1.165, 1.54) is 10.5 Å². The first kappa shape index (κ1) is 12.2. The zero-order valence-electron chi connectivity index (χ0n) is 9.77. The number of thioether (sulfide) groups is 1. The first-order valence-electron chi connectivity index (χ1n) is 5.65. The van der Waals surface area contributed by atoms with Crippen LogP contribution in [-0.4, -0.2) is 18.2 Å². The Labute approximate surface area is 106 Å². The van der Waals surface area contributed by atoms with Crippen LogP contribution in [0.15, 0.2) is 35.2 Å². The number of carbonyl (C=O) groups excluding carboxylic acids is 1. The highest BCUT2D eigenvalue weighted by Crippen LogP contribution is 2.21. The van der Waals surface area contributed by atoms with Crippen LogP contribution in [0.4, 0.5) is 0 Å². The predicted molar refractivity (Wildman–Crippen MR) is 71.6 cm³/mol. The Kier molecular flexibility index (Phi) is 4.23. The van der Waals surface area contributed by atoms with E-state index in [2.05, 4.69) is 41.4 Å². The van der Waals surface area contributed by atoms with Gasteiger partial charge in [0.25, 0.3) is 0 Å². The Hall–Kier alpha value is -1.26. The molecule has 3 nitrogen and oxygen atoms in total. The highest BCUT2D eigenvalue weighted by atomic mass is 32.2. The van der Waals surface area contributed by atoms with E-state index in [0.29, 0.717) is 6.42 Å². The van der Waals surface area contributed by atoms with Crippen molar-refractivity contribution < 1.29 is 4.79 Å². The fourth-order valence-corrected chi connectivity index (χ4v) is 2.35. The minimum atomic E-state index is 0.0687. The van der Waals surface area contributed by atoms with E-state index in [1.54, 1.807) is 11.8 Å². The fraction of sp³-hybridized carbons (Fsp3) is 0.308. The van der Waals surface area contributed by atoms with Gasteiger partial charge in [0, 0.05) is 17.4 Å². The van der Waals surface area contributed by atoms with Gasteiger partial charge in [0.2, 0.25) is 5.91 Å². The number of hydrazine groups is 1. The van der Waals surface area contributed by atoms with E-state index in [4.69, 9.17) is 0 Å². The highest BCUT2D eigenvalue weighted by Gasteiger charge is 2.14. The molecule has 1 heterocycles. The largest absolute Gasteiger partial charge is 0.291 e. The molecule has 2 N–H and O–H groups in total. The van der Waals surface area contributed by atoms with E-state index < -0.39 is 0 Å². The third-order valence-electron chi connectivity index (χ3n) is 2.73. The summed E-state index contributed by atoms with van der Waals surface area (Å²) in [6.45, 7) is 0. The van der Waals surface area contributed by atoms with Crippen molar-refractivity contribution in [1.82, 2.24) is 10.9 Å². The SMILES string of the molecule is CSc1ccccc1/C=C/C1CCC(=O)NN1. The lowest BCUT2D eigenvalue weighted by Gasteiger charge is -2.20. The Morgan fingerprint density at radius 2 is 2.24 bits per heavy atom. The van der Waals surface area contributed by atoms with Gasteiger partial charge in [-0.1, -0.05) is 30.4 Å². The number of hydrogen-bond donors (Lipinski definition) is 2. The molecule has 90 valence electrons. The Morgan fingerprint density at radius 1 is 1.41 bits per heavy atom. The molecule has 1 aliphatic rings. The smallest absolute Gasteiger partial charge is 0.234 e. The van der Waals surface area contributed by atoms with Crippen LogP contribution in [0.1, 0.15) is 18.4 Å². The second-order valence-electron chi connectivity index (χ2n) is 3.94. The van der Waals surface area contributed by atoms with Crippen LogP contribution in [0.25, 0.3) is 6.08 Å². The minimum absolute atomic E-state index is 0.0687. The van der Waals surface area contributed by atoms with Gasteiger partial charge in [-0.25, -0.2) is 5.43 Å². The van der Waals surface area contributed by atoms with Crippen molar-refractivity contribution in [2.75, 3.05) is 6.26 Å². The predicted octanol–water partition coefficient (Wildman–Crippen LogP) is 2.20. The molecule has 0 aromatic heterocycles. The molecule has 1 amide bonds. The molecule has 17 heavy (non-hydrogen) atoms. The monoisotopic (exact) mass is 248 g/mol. The van der Waals surface area contributed by atoms with E-state index in [-0.39, 0.29) is 11.9 Å². The Morgan fingerprint density at radius 3 is 2.94 bits per heavy atom. The summed E-state index contributed by atoms with van der Waals surface area (Å²) < 4.78 is 0. The molecule has 1 saturated heterocycles. The lowest BCUT2D eigenvalue weighted by atomic mass is 10.1. The molecule has 2 rings (SSSR count). The van der Waals surface area contributed by atoms with Gasteiger partial charge in [-0.05, 0) is 24.3 Å². The molecule has 0 bridgehead atoms. The summed E-state index contributed by atoms with van der Waals surface area (Å²) in [5.41, 5.74) is 6.86. The van der Waals surface area contributed by atoms with Crippen LogP contribution in [0, 0.1) is 0 Å². The molecule has 1 fully saturated rings. The Balaban J connectivity index is 2.02. The number of amides is 1. The molecular weight excluding hydrogens is 232 g/mol. The quantitative estimate of drug-likeness (QED) is 0.806. The summed E-state index contributed by atoms with van der Waals surface area (Å²) in [5, 5.41) is 0. The maximum absolute atomic E-state index is 11.0. The lowest BCUT2D eigenvalue weighted by molar-refractivity contribution is -0.123. The van der Waals surface area contributed by atoms with Gasteiger partial charge >= 0.3 is 0 Å². The third kappa shape index (κ3) is 3.35. The molecule has 0 spiro atoms. The van der Waals surface area contributed by atoms with Crippen LogP contribution in [0.5, 0.6) is 0 Å². The summed E-state index contributed by atoms with van der Waals surface area (Å²) in [6, 6.07) is 8.52. The van der Waals surface area contributed by atoms with E-state index in [1.807, 2.05) is 12.1 Å². The van der Waals surface area contributed by atoms with Crippen molar-refractivity contribution in [3.63, 3.8) is 0 Å². The average Bonchev–Trinajstić information content (AvgIpc) is 2.38. The summed E-state index contributed by atoms with van der Waals surface area (Å²) in [5.74, 6) is 0.0687. The normalized spacial score (nSPS) is 20.5. The van der Waals surface area contributed by atoms with Gasteiger partial charge in [-0.3, -0.25) is 10.2 Å². The van der Waals surface area contributed by atoms with Crippen LogP contribution in [0.2, 0.25) is 0 Å². The standard InChI is InChI=1S/C13H16N2OS/c1-17-12-5-3-2-4-10(12)6-7-11-8-9-13(16)15-14-11/h2-7,11,14H,8-9H2,1H3,(H,15,16)/b7-6+. The topological polar surface area (TPSA) is 41.1 Å². The van der Waals surface area contributed by atoms with Gasteiger partial charge in [0.1, 0.15) is 0 Å². The van der Waals surface area contributed by atoms with Gasteiger partial charge < -0.3 is 0 Å². The van der Waals surface area contributed by atoms with Crippen molar-refractivity contribution in [2.24, 2.45) is 0 Å². The maximum atomic E-state index is 11.0. The lowest BCUT2D eigenvalue weighted by Crippen LogP contribution is -2.48. The zero-order valence-corrected chi connectivity index (χ0v) is 10.6. The van der Waals surface area contributed by atoms with E-state index in [9.17, 15) is 4.79 Å². The Bertz CT molecular complexity index is 421. The summed E-state index contributed by atoms with van der Waals surface area (Å²) >= 11 is 1.74. The van der Waals surface area contributed by atoms with Crippen molar-refractivity contribution in [1.29, 1.82) is 0 Å². The summed E-state index contributed by atoms with van der Waals surface area (Å²) in [6.07, 6.45) is 7.73. The summed E-state index contributed by atoms with van der Waals surface area (Å²) in [7, 11) is 0. The average molecular weight is 248 g/mol. The van der Waals surface area contributed by atoms with Gasteiger partial charge in [0.05, 0.1) is 0 Å².